The topological polar surface area (TPSA) is 93.6 Å². The van der Waals surface area contributed by atoms with E-state index in [0.29, 0.717) is 39.3 Å². The van der Waals surface area contributed by atoms with Gasteiger partial charge in [-0.15, -0.1) is 0 Å². The first-order chi connectivity index (χ1) is 20.6. The Morgan fingerprint density at radius 3 is 2.44 bits per heavy atom. The number of Topliss-reactive ketones (excluding diaryl/α,β-unsaturated/α-hetero) is 1. The second kappa shape index (κ2) is 11.4. The van der Waals surface area contributed by atoms with Crippen LogP contribution in [0.25, 0.3) is 22.2 Å². The van der Waals surface area contributed by atoms with E-state index in [9.17, 15) is 19.2 Å². The van der Waals surface area contributed by atoms with Crippen molar-refractivity contribution in [1.29, 1.82) is 0 Å². The maximum Gasteiger partial charge on any atom is 0.339 e. The number of ether oxygens (including phenoxy) is 1. The molecule has 1 aliphatic heterocycles. The molecule has 43 heavy (non-hydrogen) atoms. The second-order valence-electron chi connectivity index (χ2n) is 10.9. The highest BCUT2D eigenvalue weighted by atomic mass is 35.5. The normalized spacial score (nSPS) is 19.5. The number of aryl methyl sites for hydroxylation is 1. The van der Waals surface area contributed by atoms with E-state index in [1.54, 1.807) is 36.4 Å². The molecule has 2 amide bonds. The van der Waals surface area contributed by atoms with Gasteiger partial charge < -0.3 is 4.74 Å². The van der Waals surface area contributed by atoms with E-state index in [0.717, 1.165) is 5.56 Å². The third-order valence-electron chi connectivity index (χ3n) is 8.04. The maximum absolute atomic E-state index is 13.3. The van der Waals surface area contributed by atoms with E-state index in [4.69, 9.17) is 32.9 Å². The number of pyridine rings is 1. The number of aromatic nitrogens is 1. The van der Waals surface area contributed by atoms with Crippen molar-refractivity contribution in [3.05, 3.63) is 106 Å². The van der Waals surface area contributed by atoms with Gasteiger partial charge in [0, 0.05) is 21.5 Å². The molecule has 9 heteroatoms. The number of nitrogens with zero attached hydrogens (tertiary/aromatic N) is 2. The Morgan fingerprint density at radius 1 is 0.953 bits per heavy atom. The molecule has 3 unspecified atom stereocenters. The second-order valence-corrected chi connectivity index (χ2v) is 11.8. The molecule has 1 aromatic heterocycles. The Bertz CT molecular complexity index is 1850. The number of amides is 2. The van der Waals surface area contributed by atoms with E-state index < -0.39 is 18.4 Å². The fraction of sp³-hybridized carbons (Fsp3) is 0.206. The monoisotopic (exact) mass is 612 g/mol. The van der Waals surface area contributed by atoms with Crippen LogP contribution >= 0.6 is 23.2 Å². The average molecular weight is 613 g/mol. The van der Waals surface area contributed by atoms with E-state index in [1.807, 2.05) is 44.2 Å². The van der Waals surface area contributed by atoms with Crippen molar-refractivity contribution >= 4 is 63.4 Å². The van der Waals surface area contributed by atoms with Gasteiger partial charge in [-0.25, -0.2) is 9.78 Å². The van der Waals surface area contributed by atoms with E-state index in [-0.39, 0.29) is 45.7 Å². The van der Waals surface area contributed by atoms with Crippen LogP contribution in [0.4, 0.5) is 5.69 Å². The number of imide groups is 1. The van der Waals surface area contributed by atoms with Gasteiger partial charge >= 0.3 is 5.97 Å². The highest BCUT2D eigenvalue weighted by Crippen LogP contribution is 2.41. The lowest BCUT2D eigenvalue weighted by Gasteiger charge is -2.22. The Balaban J connectivity index is 1.28. The van der Waals surface area contributed by atoms with Crippen LogP contribution in [0, 0.1) is 24.7 Å². The highest BCUT2D eigenvalue weighted by molar-refractivity contribution is 6.37. The molecule has 2 heterocycles. The molecule has 0 spiro atoms. The lowest BCUT2D eigenvalue weighted by atomic mass is 9.78. The van der Waals surface area contributed by atoms with Crippen molar-refractivity contribution in [1.82, 2.24) is 4.98 Å². The third-order valence-corrected chi connectivity index (χ3v) is 8.59. The first-order valence-electron chi connectivity index (χ1n) is 13.8. The maximum atomic E-state index is 13.3. The fourth-order valence-corrected chi connectivity index (χ4v) is 6.36. The zero-order chi connectivity index (χ0) is 30.4. The molecule has 0 saturated carbocycles. The van der Waals surface area contributed by atoms with Gasteiger partial charge in [-0.1, -0.05) is 66.0 Å². The van der Waals surface area contributed by atoms with Crippen LogP contribution in [0.1, 0.15) is 39.6 Å². The summed E-state index contributed by atoms with van der Waals surface area (Å²) in [7, 11) is 0. The SMILES string of the molecule is Cc1ccc2nc(-c3ccc(N4C(=O)C5CC=CC(C)C5C4=O)cc3)cc(C(=O)OCC(=O)c3ccc(Cl)cc3Cl)c2c1. The summed E-state index contributed by atoms with van der Waals surface area (Å²) in [5.41, 5.74) is 3.61. The molecular weight excluding hydrogens is 587 g/mol. The molecule has 216 valence electrons. The number of hydrogen-bond acceptors (Lipinski definition) is 6. The highest BCUT2D eigenvalue weighted by Gasteiger charge is 2.50. The Morgan fingerprint density at radius 2 is 1.72 bits per heavy atom. The largest absolute Gasteiger partial charge is 0.454 e. The predicted octanol–water partition coefficient (Wildman–Crippen LogP) is 7.26. The van der Waals surface area contributed by atoms with Crippen molar-refractivity contribution in [2.24, 2.45) is 17.8 Å². The number of allylic oxidation sites excluding steroid dienone is 2. The van der Waals surface area contributed by atoms with E-state index >= 15 is 0 Å². The fourth-order valence-electron chi connectivity index (χ4n) is 5.84. The number of benzene rings is 3. The Labute approximate surface area is 258 Å². The van der Waals surface area contributed by atoms with Crippen molar-refractivity contribution < 1.29 is 23.9 Å². The summed E-state index contributed by atoms with van der Waals surface area (Å²) in [6.45, 7) is 3.36. The van der Waals surface area contributed by atoms with Gasteiger partial charge in [0.25, 0.3) is 0 Å². The number of anilines is 1. The minimum Gasteiger partial charge on any atom is -0.454 e. The third kappa shape index (κ3) is 5.35. The van der Waals surface area contributed by atoms with Crippen LogP contribution in [0.3, 0.4) is 0 Å². The molecule has 7 nitrogen and oxygen atoms in total. The summed E-state index contributed by atoms with van der Waals surface area (Å²) in [6, 6.07) is 18.6. The molecule has 4 aromatic rings. The van der Waals surface area contributed by atoms with Crippen LogP contribution < -0.4 is 4.90 Å². The summed E-state index contributed by atoms with van der Waals surface area (Å²) >= 11 is 12.1. The van der Waals surface area contributed by atoms with Gasteiger partial charge in [0.2, 0.25) is 17.6 Å². The minimum absolute atomic E-state index is 0.00144. The first kappa shape index (κ1) is 28.8. The molecule has 1 saturated heterocycles. The smallest absolute Gasteiger partial charge is 0.339 e. The van der Waals surface area contributed by atoms with Gasteiger partial charge in [0.15, 0.2) is 6.61 Å². The summed E-state index contributed by atoms with van der Waals surface area (Å²) in [5, 5.41) is 1.15. The molecule has 6 rings (SSSR count). The zero-order valence-electron chi connectivity index (χ0n) is 23.3. The molecule has 1 aliphatic carbocycles. The summed E-state index contributed by atoms with van der Waals surface area (Å²) in [6.07, 6.45) is 4.53. The van der Waals surface area contributed by atoms with Crippen LogP contribution in [0.2, 0.25) is 10.0 Å². The lowest BCUT2D eigenvalue weighted by Crippen LogP contribution is -2.31. The average Bonchev–Trinajstić information content (AvgIpc) is 3.25. The van der Waals surface area contributed by atoms with E-state index in [1.165, 1.54) is 17.0 Å². The van der Waals surface area contributed by atoms with Gasteiger partial charge in [-0.2, -0.15) is 0 Å². The number of ketones is 1. The number of halogens is 2. The molecule has 1 fully saturated rings. The number of carbonyl (C=O) groups excluding carboxylic acids is 4. The minimum atomic E-state index is -0.687. The van der Waals surface area contributed by atoms with Crippen molar-refractivity contribution in [2.45, 2.75) is 20.3 Å². The van der Waals surface area contributed by atoms with Crippen LogP contribution in [-0.2, 0) is 14.3 Å². The number of fused-ring (bicyclic) bond motifs is 2. The van der Waals surface area contributed by atoms with Crippen LogP contribution in [0.15, 0.2) is 78.9 Å². The number of esters is 1. The lowest BCUT2D eigenvalue weighted by molar-refractivity contribution is -0.122. The summed E-state index contributed by atoms with van der Waals surface area (Å²) in [5.74, 6) is -2.20. The van der Waals surface area contributed by atoms with Crippen molar-refractivity contribution in [3.63, 3.8) is 0 Å². The van der Waals surface area contributed by atoms with Crippen LogP contribution in [0.5, 0.6) is 0 Å². The Kier molecular flexibility index (Phi) is 7.63. The molecule has 0 radical (unpaired) electrons. The molecular formula is C34H26Cl2N2O5. The van der Waals surface area contributed by atoms with Gasteiger partial charge in [0.1, 0.15) is 0 Å². The van der Waals surface area contributed by atoms with Gasteiger partial charge in [-0.05, 0) is 67.8 Å². The summed E-state index contributed by atoms with van der Waals surface area (Å²) < 4.78 is 5.44. The van der Waals surface area contributed by atoms with Crippen molar-refractivity contribution in [2.75, 3.05) is 11.5 Å². The van der Waals surface area contributed by atoms with Gasteiger partial charge in [0.05, 0.1) is 39.3 Å². The van der Waals surface area contributed by atoms with Gasteiger partial charge in [-0.3, -0.25) is 19.3 Å². The van der Waals surface area contributed by atoms with Crippen molar-refractivity contribution in [3.8, 4) is 11.3 Å². The number of rotatable bonds is 6. The molecule has 3 atom stereocenters. The first-order valence-corrected chi connectivity index (χ1v) is 14.6. The number of hydrogen-bond donors (Lipinski definition) is 0. The standard InChI is InChI=1S/C34H26Cl2N2O5/c1-18-6-13-28-25(14-18)26(34(42)43-17-30(39)23-12-9-21(35)15-27(23)36)16-29(37-28)20-7-10-22(11-8-20)38-32(40)24-5-3-4-19(2)31(24)33(38)41/h3-4,6-16,19,24,31H,5,17H2,1-2H3. The molecule has 0 bridgehead atoms. The molecule has 2 aliphatic rings. The predicted molar refractivity (Wildman–Crippen MR) is 165 cm³/mol. The number of carbonyl (C=O) groups is 4. The Hall–Kier alpha value is -4.33. The zero-order valence-corrected chi connectivity index (χ0v) is 24.9. The summed E-state index contributed by atoms with van der Waals surface area (Å²) in [4.78, 5) is 58.5. The van der Waals surface area contributed by atoms with Crippen LogP contribution in [-0.4, -0.2) is 35.2 Å². The molecule has 0 N–H and O–H groups in total. The quantitative estimate of drug-likeness (QED) is 0.0984. The molecule has 3 aromatic carbocycles. The van der Waals surface area contributed by atoms with E-state index in [2.05, 4.69) is 0 Å².